The number of hydrogen-bond donors (Lipinski definition) is 1. The summed E-state index contributed by atoms with van der Waals surface area (Å²) >= 11 is 1.56. The number of thiophene rings is 1. The molecule has 0 saturated heterocycles. The lowest BCUT2D eigenvalue weighted by atomic mass is 10.2. The Morgan fingerprint density at radius 1 is 1.29 bits per heavy atom. The van der Waals surface area contributed by atoms with Crippen molar-refractivity contribution in [2.75, 3.05) is 7.11 Å². The Morgan fingerprint density at radius 2 is 1.93 bits per heavy atom. The number of fused-ring (bicyclic) bond motifs is 1. The molecule has 3 heteroatoms. The van der Waals surface area contributed by atoms with E-state index in [2.05, 4.69) is 0 Å². The van der Waals surface area contributed by atoms with E-state index in [0.29, 0.717) is 0 Å². The van der Waals surface area contributed by atoms with Crippen LogP contribution in [0.3, 0.4) is 0 Å². The van der Waals surface area contributed by atoms with Crippen molar-refractivity contribution in [3.8, 4) is 0 Å². The van der Waals surface area contributed by atoms with E-state index in [-0.39, 0.29) is 0 Å². The number of aldehydes is 1. The van der Waals surface area contributed by atoms with Gasteiger partial charge >= 0.3 is 0 Å². The summed E-state index contributed by atoms with van der Waals surface area (Å²) < 4.78 is 1.19. The predicted molar refractivity (Wildman–Crippen MR) is 60.1 cm³/mol. The summed E-state index contributed by atoms with van der Waals surface area (Å²) in [6.45, 7) is 1.99. The number of aliphatic hydroxyl groups is 1. The van der Waals surface area contributed by atoms with E-state index in [1.54, 1.807) is 11.3 Å². The normalized spacial score (nSPS) is 9.36. The Morgan fingerprint density at radius 3 is 2.50 bits per heavy atom. The van der Waals surface area contributed by atoms with E-state index < -0.39 is 0 Å². The second kappa shape index (κ2) is 4.88. The lowest BCUT2D eigenvalue weighted by Crippen LogP contribution is -1.74. The Balaban J connectivity index is 0.000000461. The summed E-state index contributed by atoms with van der Waals surface area (Å²) in [6, 6.07) is 8.08. The molecule has 0 amide bonds. The zero-order valence-electron chi connectivity index (χ0n) is 8.15. The number of benzene rings is 1. The van der Waals surface area contributed by atoms with Crippen LogP contribution in [0.5, 0.6) is 0 Å². The van der Waals surface area contributed by atoms with Gasteiger partial charge in [-0.3, -0.25) is 4.79 Å². The standard InChI is InChI=1S/C10H8OS.CH4O/c1-7-8-4-2-3-5-9(8)12-10(7)6-11;1-2/h2-6H,1H3;2H,1H3. The lowest BCUT2D eigenvalue weighted by Gasteiger charge is -1.88. The van der Waals surface area contributed by atoms with Gasteiger partial charge in [0.2, 0.25) is 0 Å². The van der Waals surface area contributed by atoms with Crippen LogP contribution in [0.1, 0.15) is 15.2 Å². The van der Waals surface area contributed by atoms with Crippen molar-refractivity contribution in [2.24, 2.45) is 0 Å². The summed E-state index contributed by atoms with van der Waals surface area (Å²) in [6.07, 6.45) is 0.931. The molecule has 0 radical (unpaired) electrons. The van der Waals surface area contributed by atoms with Gasteiger partial charge in [-0.2, -0.15) is 0 Å². The fourth-order valence-corrected chi connectivity index (χ4v) is 2.33. The zero-order valence-corrected chi connectivity index (χ0v) is 8.97. The van der Waals surface area contributed by atoms with Gasteiger partial charge in [0.05, 0.1) is 4.88 Å². The largest absolute Gasteiger partial charge is 0.400 e. The third-order valence-corrected chi connectivity index (χ3v) is 3.19. The molecule has 1 heterocycles. The van der Waals surface area contributed by atoms with Crippen molar-refractivity contribution in [1.29, 1.82) is 0 Å². The van der Waals surface area contributed by atoms with E-state index >= 15 is 0 Å². The number of rotatable bonds is 1. The number of carbonyl (C=O) groups excluding carboxylic acids is 1. The quantitative estimate of drug-likeness (QED) is 0.731. The summed E-state index contributed by atoms with van der Waals surface area (Å²) in [5.41, 5.74) is 1.10. The van der Waals surface area contributed by atoms with Gasteiger partial charge in [-0.15, -0.1) is 11.3 Å². The Bertz CT molecular complexity index is 432. The van der Waals surface area contributed by atoms with Gasteiger partial charge in [-0.05, 0) is 23.9 Å². The second-order valence-electron chi connectivity index (χ2n) is 2.71. The van der Waals surface area contributed by atoms with Crippen LogP contribution in [-0.2, 0) is 0 Å². The molecule has 1 N–H and O–H groups in total. The number of aryl methyl sites for hydroxylation is 1. The van der Waals surface area contributed by atoms with Crippen LogP contribution in [0.25, 0.3) is 10.1 Å². The first-order valence-corrected chi connectivity index (χ1v) is 5.02. The maximum atomic E-state index is 10.6. The molecule has 14 heavy (non-hydrogen) atoms. The average molecular weight is 208 g/mol. The maximum Gasteiger partial charge on any atom is 0.160 e. The highest BCUT2D eigenvalue weighted by Gasteiger charge is 2.05. The van der Waals surface area contributed by atoms with E-state index in [1.165, 1.54) is 10.1 Å². The number of carbonyl (C=O) groups is 1. The first-order chi connectivity index (χ1) is 6.83. The van der Waals surface area contributed by atoms with E-state index in [1.807, 2.05) is 31.2 Å². The van der Waals surface area contributed by atoms with Crippen molar-refractivity contribution < 1.29 is 9.90 Å². The second-order valence-corrected chi connectivity index (χ2v) is 3.79. The van der Waals surface area contributed by atoms with Gasteiger partial charge in [0.1, 0.15) is 0 Å². The Labute approximate surface area is 86.8 Å². The van der Waals surface area contributed by atoms with Crippen LogP contribution in [0.15, 0.2) is 24.3 Å². The molecule has 0 atom stereocenters. The van der Waals surface area contributed by atoms with Gasteiger partial charge in [-0.25, -0.2) is 0 Å². The fourth-order valence-electron chi connectivity index (χ4n) is 1.31. The predicted octanol–water partition coefficient (Wildman–Crippen LogP) is 2.63. The molecule has 0 saturated carbocycles. The number of aliphatic hydroxyl groups excluding tert-OH is 1. The molecule has 1 aromatic heterocycles. The highest BCUT2D eigenvalue weighted by Crippen LogP contribution is 2.28. The minimum atomic E-state index is 0.844. The number of hydrogen-bond acceptors (Lipinski definition) is 3. The molecule has 0 fully saturated rings. The SMILES string of the molecule is CO.Cc1c(C=O)sc2ccccc12. The van der Waals surface area contributed by atoms with Crippen molar-refractivity contribution in [3.63, 3.8) is 0 Å². The van der Waals surface area contributed by atoms with E-state index in [0.717, 1.165) is 23.8 Å². The van der Waals surface area contributed by atoms with Crippen LogP contribution >= 0.6 is 11.3 Å². The minimum Gasteiger partial charge on any atom is -0.400 e. The van der Waals surface area contributed by atoms with Crippen LogP contribution in [0, 0.1) is 6.92 Å². The molecule has 1 aromatic carbocycles. The van der Waals surface area contributed by atoms with E-state index in [9.17, 15) is 4.79 Å². The van der Waals surface area contributed by atoms with Crippen LogP contribution in [0.4, 0.5) is 0 Å². The molecule has 2 rings (SSSR count). The Kier molecular flexibility index (Phi) is 3.80. The molecule has 0 bridgehead atoms. The van der Waals surface area contributed by atoms with Crippen LogP contribution in [0.2, 0.25) is 0 Å². The topological polar surface area (TPSA) is 37.3 Å². The lowest BCUT2D eigenvalue weighted by molar-refractivity contribution is 0.112. The summed E-state index contributed by atoms with van der Waals surface area (Å²) in [7, 11) is 1.00. The highest BCUT2D eigenvalue weighted by molar-refractivity contribution is 7.20. The summed E-state index contributed by atoms with van der Waals surface area (Å²) in [5, 5.41) is 8.20. The van der Waals surface area contributed by atoms with Crippen molar-refractivity contribution in [1.82, 2.24) is 0 Å². The molecule has 0 spiro atoms. The molecular formula is C11H12O2S. The van der Waals surface area contributed by atoms with Crippen molar-refractivity contribution >= 4 is 27.7 Å². The summed E-state index contributed by atoms with van der Waals surface area (Å²) in [4.78, 5) is 11.5. The minimum absolute atomic E-state index is 0.844. The summed E-state index contributed by atoms with van der Waals surface area (Å²) in [5.74, 6) is 0. The van der Waals surface area contributed by atoms with E-state index in [4.69, 9.17) is 5.11 Å². The molecule has 74 valence electrons. The van der Waals surface area contributed by atoms with Gasteiger partial charge < -0.3 is 5.11 Å². The molecule has 0 unspecified atom stereocenters. The molecule has 0 aliphatic rings. The molecular weight excluding hydrogens is 196 g/mol. The first kappa shape index (κ1) is 10.9. The smallest absolute Gasteiger partial charge is 0.160 e. The first-order valence-electron chi connectivity index (χ1n) is 4.21. The maximum absolute atomic E-state index is 10.6. The van der Waals surface area contributed by atoms with Gasteiger partial charge in [0.15, 0.2) is 6.29 Å². The van der Waals surface area contributed by atoms with Crippen LogP contribution in [-0.4, -0.2) is 18.5 Å². The van der Waals surface area contributed by atoms with Crippen molar-refractivity contribution in [3.05, 3.63) is 34.7 Å². The highest BCUT2D eigenvalue weighted by atomic mass is 32.1. The van der Waals surface area contributed by atoms with Gasteiger partial charge in [-0.1, -0.05) is 18.2 Å². The molecule has 0 aliphatic carbocycles. The zero-order chi connectivity index (χ0) is 10.6. The van der Waals surface area contributed by atoms with Gasteiger partial charge in [0.25, 0.3) is 0 Å². The monoisotopic (exact) mass is 208 g/mol. The third kappa shape index (κ3) is 1.84. The third-order valence-electron chi connectivity index (χ3n) is 1.99. The van der Waals surface area contributed by atoms with Crippen LogP contribution < -0.4 is 0 Å². The average Bonchev–Trinajstić information content (AvgIpc) is 2.59. The molecule has 2 aromatic rings. The van der Waals surface area contributed by atoms with Crippen molar-refractivity contribution in [2.45, 2.75) is 6.92 Å². The fraction of sp³-hybridized carbons (Fsp3) is 0.182. The molecule has 0 aliphatic heterocycles. The Hall–Kier alpha value is -1.19. The van der Waals surface area contributed by atoms with Gasteiger partial charge in [0, 0.05) is 11.8 Å². The molecule has 2 nitrogen and oxygen atoms in total.